The van der Waals surface area contributed by atoms with Crippen LogP contribution in [0.2, 0.25) is 0 Å². The summed E-state index contributed by atoms with van der Waals surface area (Å²) < 4.78 is 80.9. The van der Waals surface area contributed by atoms with Crippen molar-refractivity contribution < 1.29 is 31.1 Å². The minimum atomic E-state index is -5.03. The summed E-state index contributed by atoms with van der Waals surface area (Å²) >= 11 is 0. The van der Waals surface area contributed by atoms with Gasteiger partial charge in [0.05, 0.1) is 11.1 Å². The molecule has 1 aliphatic rings. The van der Waals surface area contributed by atoms with Crippen LogP contribution < -0.4 is 5.32 Å². The largest absolute Gasteiger partial charge is 0.416 e. The molecule has 44 heavy (non-hydrogen) atoms. The maximum Gasteiger partial charge on any atom is 0.416 e. The molecule has 244 valence electrons. The van der Waals surface area contributed by atoms with Gasteiger partial charge in [0, 0.05) is 63.3 Å². The molecular formula is C30H35Cl3F6N4O. The number of rotatable bonds is 8. The molecule has 0 bridgehead atoms. The third-order valence-electron chi connectivity index (χ3n) is 7.36. The third-order valence-corrected chi connectivity index (χ3v) is 7.36. The van der Waals surface area contributed by atoms with Crippen LogP contribution in [0.25, 0.3) is 0 Å². The summed E-state index contributed by atoms with van der Waals surface area (Å²) in [6.45, 7) is 6.93. The zero-order valence-corrected chi connectivity index (χ0v) is 26.5. The lowest BCUT2D eigenvalue weighted by Gasteiger charge is -2.42. The maximum atomic E-state index is 13.6. The molecule has 1 amide bonds. The molecule has 1 aliphatic heterocycles. The first-order valence-corrected chi connectivity index (χ1v) is 13.3. The van der Waals surface area contributed by atoms with Gasteiger partial charge in [-0.1, -0.05) is 24.3 Å². The number of alkyl halides is 6. The van der Waals surface area contributed by atoms with Crippen LogP contribution in [0.1, 0.15) is 43.7 Å². The van der Waals surface area contributed by atoms with Gasteiger partial charge in [-0.2, -0.15) is 26.3 Å². The van der Waals surface area contributed by atoms with Gasteiger partial charge in [-0.05, 0) is 66.8 Å². The Balaban J connectivity index is 0.00000323. The van der Waals surface area contributed by atoms with E-state index < -0.39 is 41.0 Å². The van der Waals surface area contributed by atoms with Crippen LogP contribution in [0.4, 0.5) is 26.3 Å². The summed E-state index contributed by atoms with van der Waals surface area (Å²) in [4.78, 5) is 21.2. The maximum absolute atomic E-state index is 13.6. The smallest absolute Gasteiger partial charge is 0.333 e. The number of hydrogen-bond donors (Lipinski definition) is 1. The van der Waals surface area contributed by atoms with Crippen molar-refractivity contribution in [1.82, 2.24) is 20.1 Å². The molecule has 2 aromatic carbocycles. The Morgan fingerprint density at radius 2 is 1.55 bits per heavy atom. The van der Waals surface area contributed by atoms with E-state index in [1.807, 2.05) is 44.2 Å². The number of aromatic nitrogens is 1. The molecule has 3 aromatic rings. The highest BCUT2D eigenvalue weighted by Gasteiger charge is 2.39. The van der Waals surface area contributed by atoms with Crippen LogP contribution >= 0.6 is 37.2 Å². The van der Waals surface area contributed by atoms with Crippen molar-refractivity contribution >= 4 is 43.1 Å². The summed E-state index contributed by atoms with van der Waals surface area (Å²) in [5.74, 6) is -0.843. The average molecular weight is 688 g/mol. The van der Waals surface area contributed by atoms with Gasteiger partial charge >= 0.3 is 12.4 Å². The topological polar surface area (TPSA) is 48.5 Å². The molecule has 1 aromatic heterocycles. The number of nitrogens with one attached hydrogen (secondary N) is 1. The summed E-state index contributed by atoms with van der Waals surface area (Å²) in [7, 11) is 0. The molecule has 0 aliphatic carbocycles. The van der Waals surface area contributed by atoms with E-state index in [1.165, 1.54) is 4.90 Å². The molecule has 4 rings (SSSR count). The van der Waals surface area contributed by atoms with E-state index in [2.05, 4.69) is 15.2 Å². The van der Waals surface area contributed by atoms with Gasteiger partial charge < -0.3 is 10.2 Å². The second-order valence-electron chi connectivity index (χ2n) is 10.4. The molecule has 1 fully saturated rings. The third kappa shape index (κ3) is 10.5. The molecule has 14 heteroatoms. The number of piperazine rings is 1. The number of aryl methyl sites for hydroxylation is 2. The number of benzene rings is 2. The number of nitrogens with zero attached hydrogens (tertiary/aromatic N) is 3. The van der Waals surface area contributed by atoms with Crippen LogP contribution in [-0.2, 0) is 25.3 Å². The van der Waals surface area contributed by atoms with Crippen molar-refractivity contribution in [1.29, 1.82) is 0 Å². The number of carbonyl (C=O) groups is 1. The molecule has 0 unspecified atom stereocenters. The van der Waals surface area contributed by atoms with Crippen molar-refractivity contribution in [2.75, 3.05) is 32.7 Å². The van der Waals surface area contributed by atoms with Crippen molar-refractivity contribution in [3.05, 3.63) is 99.9 Å². The standard InChI is InChI=1S/C30H32F6N4O.3ClH/c1-20-5-6-22(12-21(20)2)13-27-19-39(9-8-38-18-23-4-3-7-37-17-23)10-11-40(27)28(41)24-14-25(29(31,32)33)16-26(15-24)30(34,35)36;;;/h3-7,12,14-17,27,38H,8-11,13,18-19H2,1-2H3;3*1H/t27-;;;/m1.../s1. The first-order valence-electron chi connectivity index (χ1n) is 13.3. The van der Waals surface area contributed by atoms with E-state index in [0.717, 1.165) is 22.3 Å². The quantitative estimate of drug-likeness (QED) is 0.202. The fourth-order valence-corrected chi connectivity index (χ4v) is 4.98. The van der Waals surface area contributed by atoms with Crippen LogP contribution in [0.3, 0.4) is 0 Å². The van der Waals surface area contributed by atoms with Crippen LogP contribution in [0, 0.1) is 13.8 Å². The zero-order chi connectivity index (χ0) is 29.8. The Kier molecular flexibility index (Phi) is 14.9. The Morgan fingerprint density at radius 1 is 0.886 bits per heavy atom. The predicted molar refractivity (Wildman–Crippen MR) is 165 cm³/mol. The normalized spacial score (nSPS) is 15.5. The van der Waals surface area contributed by atoms with Gasteiger partial charge in [0.1, 0.15) is 0 Å². The molecule has 1 saturated heterocycles. The molecule has 1 atom stereocenters. The zero-order valence-electron chi connectivity index (χ0n) is 24.0. The van der Waals surface area contributed by atoms with Gasteiger partial charge in [0.2, 0.25) is 0 Å². The van der Waals surface area contributed by atoms with E-state index >= 15 is 0 Å². The van der Waals surface area contributed by atoms with Gasteiger partial charge in [0.25, 0.3) is 5.91 Å². The van der Waals surface area contributed by atoms with E-state index in [-0.39, 0.29) is 49.8 Å². The van der Waals surface area contributed by atoms with Crippen LogP contribution in [-0.4, -0.2) is 59.5 Å². The molecule has 1 N–H and O–H groups in total. The van der Waals surface area contributed by atoms with E-state index in [1.54, 1.807) is 12.4 Å². The Bertz CT molecular complexity index is 1330. The first kappa shape index (κ1) is 39.5. The summed E-state index contributed by atoms with van der Waals surface area (Å²) in [6.07, 6.45) is -6.18. The van der Waals surface area contributed by atoms with Crippen molar-refractivity contribution in [3.63, 3.8) is 0 Å². The first-order chi connectivity index (χ1) is 19.3. The lowest BCUT2D eigenvalue weighted by Crippen LogP contribution is -2.56. The predicted octanol–water partition coefficient (Wildman–Crippen LogP) is 7.16. The second kappa shape index (κ2) is 16.7. The molecular weight excluding hydrogens is 653 g/mol. The van der Waals surface area contributed by atoms with E-state index in [0.29, 0.717) is 51.3 Å². The second-order valence-corrected chi connectivity index (χ2v) is 10.4. The average Bonchev–Trinajstić information content (AvgIpc) is 2.92. The SMILES string of the molecule is Cc1ccc(C[C@@H]2CN(CCNCc3cccnc3)CCN2C(=O)c2cc(C(F)(F)F)cc(C(F)(F)F)c2)cc1C.Cl.Cl.Cl. The highest BCUT2D eigenvalue weighted by molar-refractivity contribution is 5.95. The summed E-state index contributed by atoms with van der Waals surface area (Å²) in [5, 5.41) is 3.35. The highest BCUT2D eigenvalue weighted by atomic mass is 35.5. The Hall–Kier alpha value is -2.57. The number of carbonyl (C=O) groups excluding carboxylic acids is 1. The van der Waals surface area contributed by atoms with Crippen molar-refractivity contribution in [2.45, 2.75) is 45.2 Å². The number of halogens is 9. The molecule has 0 radical (unpaired) electrons. The van der Waals surface area contributed by atoms with Crippen molar-refractivity contribution in [3.8, 4) is 0 Å². The minimum Gasteiger partial charge on any atom is -0.333 e. The molecule has 0 saturated carbocycles. The lowest BCUT2D eigenvalue weighted by atomic mass is 9.97. The Morgan fingerprint density at radius 3 is 2.11 bits per heavy atom. The van der Waals surface area contributed by atoms with E-state index in [9.17, 15) is 31.1 Å². The monoisotopic (exact) mass is 686 g/mol. The summed E-state index contributed by atoms with van der Waals surface area (Å²) in [5.41, 5.74) is 0.501. The molecule has 5 nitrogen and oxygen atoms in total. The molecule has 0 spiro atoms. The number of pyridine rings is 1. The van der Waals surface area contributed by atoms with E-state index in [4.69, 9.17) is 0 Å². The number of hydrogen-bond acceptors (Lipinski definition) is 4. The fourth-order valence-electron chi connectivity index (χ4n) is 4.98. The van der Waals surface area contributed by atoms with Gasteiger partial charge in [-0.15, -0.1) is 37.2 Å². The van der Waals surface area contributed by atoms with Gasteiger partial charge in [-0.25, -0.2) is 0 Å². The Labute approximate surface area is 271 Å². The number of amides is 1. The van der Waals surface area contributed by atoms with Crippen LogP contribution in [0.5, 0.6) is 0 Å². The fraction of sp³-hybridized carbons (Fsp3) is 0.400. The minimum absolute atomic E-state index is 0. The molecule has 2 heterocycles. The van der Waals surface area contributed by atoms with Crippen molar-refractivity contribution in [2.24, 2.45) is 0 Å². The van der Waals surface area contributed by atoms with Gasteiger partial charge in [0.15, 0.2) is 0 Å². The van der Waals surface area contributed by atoms with Gasteiger partial charge in [-0.3, -0.25) is 14.7 Å². The van der Waals surface area contributed by atoms with Crippen LogP contribution in [0.15, 0.2) is 60.9 Å². The highest BCUT2D eigenvalue weighted by Crippen LogP contribution is 2.37. The lowest BCUT2D eigenvalue weighted by molar-refractivity contribution is -0.143. The summed E-state index contributed by atoms with van der Waals surface area (Å²) in [6, 6.07) is 10.3.